The van der Waals surface area contributed by atoms with E-state index in [1.165, 1.54) is 34.0 Å². The second-order valence-electron chi connectivity index (χ2n) is 4.77. The molecule has 2 heterocycles. The van der Waals surface area contributed by atoms with E-state index in [0.717, 1.165) is 22.7 Å². The third-order valence-corrected chi connectivity index (χ3v) is 5.81. The summed E-state index contributed by atoms with van der Waals surface area (Å²) in [6, 6.07) is 0. The minimum absolute atomic E-state index is 0.360. The Balaban J connectivity index is 1.93. The normalized spacial score (nSPS) is 15.6. The van der Waals surface area contributed by atoms with E-state index in [9.17, 15) is 4.79 Å². The van der Waals surface area contributed by atoms with E-state index in [1.807, 2.05) is 0 Å². The Morgan fingerprint density at radius 3 is 3.16 bits per heavy atom. The number of carbonyl (C=O) groups is 1. The lowest BCUT2D eigenvalue weighted by molar-refractivity contribution is -0.140. The number of aromatic nitrogens is 2. The van der Waals surface area contributed by atoms with Gasteiger partial charge in [-0.3, -0.25) is 4.79 Å². The molecule has 19 heavy (non-hydrogen) atoms. The van der Waals surface area contributed by atoms with E-state index in [4.69, 9.17) is 5.11 Å². The van der Waals surface area contributed by atoms with Crippen LogP contribution in [0.3, 0.4) is 0 Å². The first-order chi connectivity index (χ1) is 9.16. The van der Waals surface area contributed by atoms with Crippen molar-refractivity contribution in [2.45, 2.75) is 31.2 Å². The smallest absolute Gasteiger partial charge is 0.307 e. The number of carboxylic acid groups (broad SMARTS) is 1. The summed E-state index contributed by atoms with van der Waals surface area (Å²) in [5.41, 5.74) is 1.39. The molecule has 2 aromatic rings. The summed E-state index contributed by atoms with van der Waals surface area (Å²) in [6.07, 6.45) is 5.04. The molecule has 1 N–H and O–H groups in total. The molecule has 0 spiro atoms. The standard InChI is InChI=1S/C13H14N2O2S2/c1-7(13(16)17)5-18-11-10-8-3-2-4-9(8)19-12(10)15-6-14-11/h6-7H,2-5H2,1H3,(H,16,17). The van der Waals surface area contributed by atoms with Crippen molar-refractivity contribution < 1.29 is 9.90 Å². The second kappa shape index (κ2) is 5.09. The zero-order valence-corrected chi connectivity index (χ0v) is 12.2. The SMILES string of the molecule is CC(CSc1ncnc2sc3c(c12)CCC3)C(=O)O. The average molecular weight is 294 g/mol. The molecule has 0 radical (unpaired) electrons. The van der Waals surface area contributed by atoms with Crippen LogP contribution in [0.4, 0.5) is 0 Å². The monoisotopic (exact) mass is 294 g/mol. The van der Waals surface area contributed by atoms with Crippen molar-refractivity contribution >= 4 is 39.3 Å². The van der Waals surface area contributed by atoms with Gasteiger partial charge in [0.1, 0.15) is 16.2 Å². The third-order valence-electron chi connectivity index (χ3n) is 3.36. The molecule has 1 atom stereocenters. The van der Waals surface area contributed by atoms with Gasteiger partial charge in [-0.1, -0.05) is 6.92 Å². The highest BCUT2D eigenvalue weighted by Gasteiger charge is 2.22. The van der Waals surface area contributed by atoms with Gasteiger partial charge in [-0.2, -0.15) is 0 Å². The molecule has 3 rings (SSSR count). The zero-order chi connectivity index (χ0) is 13.4. The van der Waals surface area contributed by atoms with E-state index in [1.54, 1.807) is 24.6 Å². The summed E-state index contributed by atoms with van der Waals surface area (Å²) in [4.78, 5) is 22.1. The molecular formula is C13H14N2O2S2. The van der Waals surface area contributed by atoms with Crippen LogP contribution in [0.2, 0.25) is 0 Å². The summed E-state index contributed by atoms with van der Waals surface area (Å²) in [7, 11) is 0. The second-order valence-corrected chi connectivity index (χ2v) is 6.86. The molecule has 0 amide bonds. The van der Waals surface area contributed by atoms with E-state index in [0.29, 0.717) is 5.75 Å². The Kier molecular flexibility index (Phi) is 3.45. The summed E-state index contributed by atoms with van der Waals surface area (Å²) >= 11 is 3.29. The maximum absolute atomic E-state index is 10.9. The number of fused-ring (bicyclic) bond motifs is 3. The van der Waals surface area contributed by atoms with Gasteiger partial charge in [0.2, 0.25) is 0 Å². The molecule has 100 valence electrons. The van der Waals surface area contributed by atoms with Gasteiger partial charge in [0, 0.05) is 16.0 Å². The molecule has 0 aromatic carbocycles. The highest BCUT2D eigenvalue weighted by atomic mass is 32.2. The highest BCUT2D eigenvalue weighted by Crippen LogP contribution is 2.40. The maximum atomic E-state index is 10.9. The molecule has 1 aliphatic rings. The van der Waals surface area contributed by atoms with Crippen molar-refractivity contribution in [3.8, 4) is 0 Å². The van der Waals surface area contributed by atoms with Crippen LogP contribution in [0.15, 0.2) is 11.4 Å². The van der Waals surface area contributed by atoms with Crippen molar-refractivity contribution in [2.24, 2.45) is 5.92 Å². The predicted molar refractivity (Wildman–Crippen MR) is 77.0 cm³/mol. The average Bonchev–Trinajstić information content (AvgIpc) is 2.95. The van der Waals surface area contributed by atoms with Gasteiger partial charge in [0.05, 0.1) is 5.92 Å². The quantitative estimate of drug-likeness (QED) is 0.694. The Morgan fingerprint density at radius 2 is 2.37 bits per heavy atom. The Hall–Kier alpha value is -1.14. The summed E-state index contributed by atoms with van der Waals surface area (Å²) in [6.45, 7) is 1.73. The van der Waals surface area contributed by atoms with Crippen LogP contribution < -0.4 is 0 Å². The summed E-state index contributed by atoms with van der Waals surface area (Å²) in [5, 5.41) is 11.1. The first kappa shape index (κ1) is 12.9. The predicted octanol–water partition coefficient (Wildman–Crippen LogP) is 2.99. The first-order valence-electron chi connectivity index (χ1n) is 6.27. The molecule has 0 fully saturated rings. The van der Waals surface area contributed by atoms with Gasteiger partial charge in [0.25, 0.3) is 0 Å². The molecule has 1 unspecified atom stereocenters. The van der Waals surface area contributed by atoms with Crippen LogP contribution in [0.1, 0.15) is 23.8 Å². The van der Waals surface area contributed by atoms with Crippen LogP contribution in [0.25, 0.3) is 10.2 Å². The van der Waals surface area contributed by atoms with Crippen LogP contribution >= 0.6 is 23.1 Å². The number of hydrogen-bond donors (Lipinski definition) is 1. The topological polar surface area (TPSA) is 63.1 Å². The number of thiophene rings is 1. The fourth-order valence-electron chi connectivity index (χ4n) is 2.28. The number of rotatable bonds is 4. The largest absolute Gasteiger partial charge is 0.481 e. The molecule has 6 heteroatoms. The molecular weight excluding hydrogens is 280 g/mol. The summed E-state index contributed by atoms with van der Waals surface area (Å²) in [5.74, 6) is -0.568. The van der Waals surface area contributed by atoms with Gasteiger partial charge < -0.3 is 5.11 Å². The summed E-state index contributed by atoms with van der Waals surface area (Å²) < 4.78 is 0. The Bertz CT molecular complexity index is 639. The molecule has 0 bridgehead atoms. The molecule has 2 aromatic heterocycles. The molecule has 4 nitrogen and oxygen atoms in total. The fraction of sp³-hybridized carbons (Fsp3) is 0.462. The van der Waals surface area contributed by atoms with Gasteiger partial charge in [-0.05, 0) is 24.8 Å². The number of carboxylic acids is 1. The van der Waals surface area contributed by atoms with Crippen molar-refractivity contribution in [3.63, 3.8) is 0 Å². The van der Waals surface area contributed by atoms with E-state index >= 15 is 0 Å². The van der Waals surface area contributed by atoms with Gasteiger partial charge >= 0.3 is 5.97 Å². The van der Waals surface area contributed by atoms with Crippen molar-refractivity contribution in [1.82, 2.24) is 9.97 Å². The van der Waals surface area contributed by atoms with Gasteiger partial charge in [-0.25, -0.2) is 9.97 Å². The minimum Gasteiger partial charge on any atom is -0.481 e. The van der Waals surface area contributed by atoms with Crippen LogP contribution in [0, 0.1) is 5.92 Å². The van der Waals surface area contributed by atoms with Crippen LogP contribution in [0.5, 0.6) is 0 Å². The lowest BCUT2D eigenvalue weighted by atomic mass is 10.2. The third kappa shape index (κ3) is 2.34. The lowest BCUT2D eigenvalue weighted by Gasteiger charge is -2.06. The van der Waals surface area contributed by atoms with Crippen LogP contribution in [-0.2, 0) is 17.6 Å². The maximum Gasteiger partial charge on any atom is 0.307 e. The Labute approximate surface area is 119 Å². The van der Waals surface area contributed by atoms with Crippen molar-refractivity contribution in [1.29, 1.82) is 0 Å². The first-order valence-corrected chi connectivity index (χ1v) is 8.08. The van der Waals surface area contributed by atoms with Crippen LogP contribution in [-0.4, -0.2) is 26.8 Å². The van der Waals surface area contributed by atoms with Crippen molar-refractivity contribution in [2.75, 3.05) is 5.75 Å². The number of aliphatic carboxylic acids is 1. The zero-order valence-electron chi connectivity index (χ0n) is 10.5. The minimum atomic E-state index is -0.756. The number of aryl methyl sites for hydroxylation is 2. The Morgan fingerprint density at radius 1 is 1.53 bits per heavy atom. The van der Waals surface area contributed by atoms with Gasteiger partial charge in [0.15, 0.2) is 0 Å². The molecule has 0 saturated heterocycles. The van der Waals surface area contributed by atoms with E-state index in [-0.39, 0.29) is 5.92 Å². The van der Waals surface area contributed by atoms with Crippen molar-refractivity contribution in [3.05, 3.63) is 16.8 Å². The van der Waals surface area contributed by atoms with E-state index < -0.39 is 5.97 Å². The lowest BCUT2D eigenvalue weighted by Crippen LogP contribution is -2.11. The highest BCUT2D eigenvalue weighted by molar-refractivity contribution is 7.99. The fourth-order valence-corrected chi connectivity index (χ4v) is 4.61. The number of thioether (sulfide) groups is 1. The molecule has 1 aliphatic carbocycles. The molecule has 0 aliphatic heterocycles. The van der Waals surface area contributed by atoms with E-state index in [2.05, 4.69) is 9.97 Å². The van der Waals surface area contributed by atoms with Gasteiger partial charge in [-0.15, -0.1) is 23.1 Å². The molecule has 0 saturated carbocycles. The number of nitrogens with zero attached hydrogens (tertiary/aromatic N) is 2. The number of hydrogen-bond acceptors (Lipinski definition) is 5.